The molecule has 28 heavy (non-hydrogen) atoms. The van der Waals surface area contributed by atoms with Crippen LogP contribution < -0.4 is 4.74 Å². The highest BCUT2D eigenvalue weighted by Crippen LogP contribution is 2.16. The van der Waals surface area contributed by atoms with Gasteiger partial charge in [-0.05, 0) is 32.0 Å². The number of carbonyl (C=O) groups excluding carboxylic acids is 2. The van der Waals surface area contributed by atoms with Crippen LogP contribution in [0.25, 0.3) is 0 Å². The van der Waals surface area contributed by atoms with Crippen LogP contribution in [0.15, 0.2) is 24.3 Å². The molecule has 2 heterocycles. The minimum absolute atomic E-state index is 0.0345. The molecule has 2 amide bonds. The smallest absolute Gasteiger partial charge is 0.254 e. The Balaban J connectivity index is 1.56. The minimum atomic E-state index is -0.194. The molecule has 8 heteroatoms. The third-order valence-electron chi connectivity index (χ3n) is 5.03. The van der Waals surface area contributed by atoms with Gasteiger partial charge < -0.3 is 14.5 Å². The number of methoxy groups -OCH3 is 1. The van der Waals surface area contributed by atoms with Crippen LogP contribution in [-0.2, 0) is 11.3 Å². The molecule has 0 spiro atoms. The average Bonchev–Trinajstić information content (AvgIpc) is 3.03. The molecule has 0 aliphatic carbocycles. The van der Waals surface area contributed by atoms with E-state index in [4.69, 9.17) is 4.74 Å². The second-order valence-electron chi connectivity index (χ2n) is 7.14. The maximum absolute atomic E-state index is 12.8. The lowest BCUT2D eigenvalue weighted by molar-refractivity contribution is -0.137. The average molecular weight is 385 g/mol. The fourth-order valence-electron chi connectivity index (χ4n) is 3.45. The predicted molar refractivity (Wildman–Crippen MR) is 104 cm³/mol. The molecule has 1 aromatic heterocycles. The normalized spacial score (nSPS) is 15.4. The first-order chi connectivity index (χ1) is 13.4. The molecule has 1 atom stereocenters. The van der Waals surface area contributed by atoms with Gasteiger partial charge in [0.15, 0.2) is 0 Å². The van der Waals surface area contributed by atoms with Crippen molar-refractivity contribution < 1.29 is 14.3 Å². The third-order valence-corrected chi connectivity index (χ3v) is 5.03. The molecule has 0 N–H and O–H groups in total. The number of aromatic nitrogens is 3. The summed E-state index contributed by atoms with van der Waals surface area (Å²) in [7, 11) is 1.58. The lowest BCUT2D eigenvalue weighted by Gasteiger charge is -2.36. The first-order valence-corrected chi connectivity index (χ1v) is 9.49. The largest absolute Gasteiger partial charge is 0.497 e. The fourth-order valence-corrected chi connectivity index (χ4v) is 3.45. The van der Waals surface area contributed by atoms with E-state index in [9.17, 15) is 9.59 Å². The molecule has 1 fully saturated rings. The number of rotatable bonds is 5. The van der Waals surface area contributed by atoms with Crippen LogP contribution in [-0.4, -0.2) is 69.7 Å². The van der Waals surface area contributed by atoms with E-state index in [2.05, 4.69) is 10.1 Å². The van der Waals surface area contributed by atoms with Crippen LogP contribution in [0.4, 0.5) is 0 Å². The second kappa shape index (κ2) is 8.41. The maximum atomic E-state index is 12.8. The molecule has 2 aromatic rings. The number of piperazine rings is 1. The Morgan fingerprint density at radius 2 is 1.82 bits per heavy atom. The lowest BCUT2D eigenvalue weighted by Crippen LogP contribution is -2.52. The van der Waals surface area contributed by atoms with Crippen LogP contribution in [0.5, 0.6) is 5.75 Å². The molecule has 0 unspecified atom stereocenters. The van der Waals surface area contributed by atoms with Gasteiger partial charge in [-0.15, -0.1) is 0 Å². The molecule has 0 radical (unpaired) electrons. The molecule has 1 aliphatic rings. The van der Waals surface area contributed by atoms with Crippen molar-refractivity contribution in [3.05, 3.63) is 41.5 Å². The van der Waals surface area contributed by atoms with E-state index in [0.717, 1.165) is 5.82 Å². The molecule has 1 aromatic carbocycles. The van der Waals surface area contributed by atoms with Gasteiger partial charge in [0.2, 0.25) is 5.91 Å². The molecular weight excluding hydrogens is 358 g/mol. The van der Waals surface area contributed by atoms with Crippen LogP contribution >= 0.6 is 0 Å². The van der Waals surface area contributed by atoms with Crippen LogP contribution in [0.3, 0.4) is 0 Å². The van der Waals surface area contributed by atoms with E-state index < -0.39 is 0 Å². The van der Waals surface area contributed by atoms with E-state index in [1.54, 1.807) is 34.9 Å². The summed E-state index contributed by atoms with van der Waals surface area (Å²) in [5.41, 5.74) is 0.601. The zero-order chi connectivity index (χ0) is 20.3. The van der Waals surface area contributed by atoms with Gasteiger partial charge in [-0.1, -0.05) is 13.0 Å². The highest BCUT2D eigenvalue weighted by atomic mass is 16.5. The van der Waals surface area contributed by atoms with Gasteiger partial charge in [-0.25, -0.2) is 9.67 Å². The first-order valence-electron chi connectivity index (χ1n) is 9.49. The number of ether oxygens (including phenoxy) is 1. The molecule has 1 saturated heterocycles. The van der Waals surface area contributed by atoms with E-state index in [1.807, 2.05) is 31.7 Å². The number of nitrogens with zero attached hydrogens (tertiary/aromatic N) is 5. The van der Waals surface area contributed by atoms with E-state index in [0.29, 0.717) is 49.9 Å². The van der Waals surface area contributed by atoms with Gasteiger partial charge in [0.25, 0.3) is 5.91 Å². The Kier molecular flexibility index (Phi) is 5.96. The van der Waals surface area contributed by atoms with Crippen molar-refractivity contribution >= 4 is 11.8 Å². The van der Waals surface area contributed by atoms with Gasteiger partial charge in [-0.2, -0.15) is 5.10 Å². The minimum Gasteiger partial charge on any atom is -0.497 e. The van der Waals surface area contributed by atoms with Gasteiger partial charge in [0, 0.05) is 31.7 Å². The Bertz CT molecular complexity index is 855. The topological polar surface area (TPSA) is 80.6 Å². The molecule has 0 bridgehead atoms. The number of amides is 2. The summed E-state index contributed by atoms with van der Waals surface area (Å²) in [5, 5.41) is 4.33. The van der Waals surface area contributed by atoms with Gasteiger partial charge in [0.1, 0.15) is 17.4 Å². The van der Waals surface area contributed by atoms with Crippen LogP contribution in [0.1, 0.15) is 28.9 Å². The fraction of sp³-hybridized carbons (Fsp3) is 0.500. The molecular formula is C20H27N5O3. The van der Waals surface area contributed by atoms with Gasteiger partial charge in [0.05, 0.1) is 19.6 Å². The third kappa shape index (κ3) is 4.32. The zero-order valence-corrected chi connectivity index (χ0v) is 16.9. The highest BCUT2D eigenvalue weighted by molar-refractivity contribution is 5.94. The van der Waals surface area contributed by atoms with Crippen molar-refractivity contribution in [2.24, 2.45) is 5.92 Å². The van der Waals surface area contributed by atoms with Gasteiger partial charge in [-0.3, -0.25) is 9.59 Å². The lowest BCUT2D eigenvalue weighted by atomic mass is 10.1. The summed E-state index contributed by atoms with van der Waals surface area (Å²) in [4.78, 5) is 33.4. The Morgan fingerprint density at radius 3 is 2.43 bits per heavy atom. The summed E-state index contributed by atoms with van der Waals surface area (Å²) in [5.74, 6) is 2.04. The number of benzene rings is 1. The highest BCUT2D eigenvalue weighted by Gasteiger charge is 2.28. The summed E-state index contributed by atoms with van der Waals surface area (Å²) < 4.78 is 6.97. The first kappa shape index (κ1) is 19.9. The van der Waals surface area contributed by atoms with E-state index in [1.165, 1.54) is 0 Å². The number of aryl methyl sites for hydroxylation is 2. The Hall–Kier alpha value is -2.90. The Morgan fingerprint density at radius 1 is 1.14 bits per heavy atom. The number of hydrogen-bond acceptors (Lipinski definition) is 5. The maximum Gasteiger partial charge on any atom is 0.254 e. The van der Waals surface area contributed by atoms with Crippen molar-refractivity contribution in [2.45, 2.75) is 27.3 Å². The molecule has 150 valence electrons. The number of hydrogen-bond donors (Lipinski definition) is 0. The molecule has 1 aliphatic heterocycles. The Labute approximate surface area is 165 Å². The number of carbonyl (C=O) groups is 2. The quantitative estimate of drug-likeness (QED) is 0.780. The monoisotopic (exact) mass is 385 g/mol. The predicted octanol–water partition coefficient (Wildman–Crippen LogP) is 1.52. The van der Waals surface area contributed by atoms with Crippen LogP contribution in [0.2, 0.25) is 0 Å². The van der Waals surface area contributed by atoms with Crippen molar-refractivity contribution in [2.75, 3.05) is 33.3 Å². The van der Waals surface area contributed by atoms with Crippen molar-refractivity contribution in [1.29, 1.82) is 0 Å². The van der Waals surface area contributed by atoms with Gasteiger partial charge >= 0.3 is 0 Å². The van der Waals surface area contributed by atoms with Crippen molar-refractivity contribution in [1.82, 2.24) is 24.6 Å². The molecule has 8 nitrogen and oxygen atoms in total. The summed E-state index contributed by atoms with van der Waals surface area (Å²) in [6.45, 7) is 8.27. The SMILES string of the molecule is COc1cccc(C(=O)N2CCN(C(=O)[C@H](C)Cn3nc(C)nc3C)CC2)c1. The summed E-state index contributed by atoms with van der Waals surface area (Å²) >= 11 is 0. The van der Waals surface area contributed by atoms with E-state index in [-0.39, 0.29) is 17.7 Å². The summed E-state index contributed by atoms with van der Waals surface area (Å²) in [6.07, 6.45) is 0. The van der Waals surface area contributed by atoms with Crippen molar-refractivity contribution in [3.8, 4) is 5.75 Å². The van der Waals surface area contributed by atoms with Crippen LogP contribution in [0, 0.1) is 19.8 Å². The zero-order valence-electron chi connectivity index (χ0n) is 16.9. The second-order valence-corrected chi connectivity index (χ2v) is 7.14. The molecule has 0 saturated carbocycles. The standard InChI is InChI=1S/C20H27N5O3/c1-14(13-25-16(3)21-15(2)22-25)19(26)23-8-10-24(11-9-23)20(27)17-6-5-7-18(12-17)28-4/h5-7,12,14H,8-11,13H2,1-4H3/t14-/m1/s1. The summed E-state index contributed by atoms with van der Waals surface area (Å²) in [6, 6.07) is 7.14. The van der Waals surface area contributed by atoms with E-state index >= 15 is 0 Å². The van der Waals surface area contributed by atoms with Crippen molar-refractivity contribution in [3.63, 3.8) is 0 Å². The molecule has 3 rings (SSSR count).